The fourth-order valence-corrected chi connectivity index (χ4v) is 2.96. The van der Waals surface area contributed by atoms with Gasteiger partial charge in [0.25, 0.3) is 0 Å². The molecule has 0 bridgehead atoms. The average molecular weight is 363 g/mol. The highest BCUT2D eigenvalue weighted by Crippen LogP contribution is 2.26. The molecule has 0 radical (unpaired) electrons. The second kappa shape index (κ2) is 8.23. The summed E-state index contributed by atoms with van der Waals surface area (Å²) in [5, 5.41) is 13.8. The fraction of sp³-hybridized carbons (Fsp3) is 0.600. The van der Waals surface area contributed by atoms with Gasteiger partial charge in [-0.15, -0.1) is 0 Å². The first kappa shape index (κ1) is 16.1. The first-order valence-corrected chi connectivity index (χ1v) is 8.31. The van der Waals surface area contributed by atoms with Crippen molar-refractivity contribution in [2.45, 2.75) is 44.3 Å². The zero-order chi connectivity index (χ0) is 14.4. The minimum absolute atomic E-state index is 0.330. The van der Waals surface area contributed by atoms with Crippen LogP contribution in [0, 0.1) is 0 Å². The molecule has 1 atom stereocenters. The summed E-state index contributed by atoms with van der Waals surface area (Å²) in [7, 11) is 0. The molecule has 2 N–H and O–H groups in total. The van der Waals surface area contributed by atoms with Crippen molar-refractivity contribution >= 4 is 33.2 Å². The maximum Gasteiger partial charge on any atom is 0.0945 e. The Morgan fingerprint density at radius 1 is 1.35 bits per heavy atom. The van der Waals surface area contributed by atoms with Gasteiger partial charge in [0.15, 0.2) is 0 Å². The molecule has 1 saturated carbocycles. The van der Waals surface area contributed by atoms with Crippen molar-refractivity contribution in [3.05, 3.63) is 27.7 Å². The summed E-state index contributed by atoms with van der Waals surface area (Å²) in [5.41, 5.74) is 0.884. The highest BCUT2D eigenvalue weighted by Gasteiger charge is 2.15. The number of ether oxygens (including phenoxy) is 1. The molecule has 1 fully saturated rings. The number of nitrogens with one attached hydrogen (secondary N) is 1. The minimum Gasteiger partial charge on any atom is -0.389 e. The Morgan fingerprint density at radius 2 is 2.10 bits per heavy atom. The lowest BCUT2D eigenvalue weighted by Crippen LogP contribution is -2.28. The SMILES string of the molecule is OC(CNc1cc(Cl)ccc1Br)COC1CCCCC1. The van der Waals surface area contributed by atoms with E-state index in [4.69, 9.17) is 16.3 Å². The molecule has 0 aromatic heterocycles. The maximum absolute atomic E-state index is 9.97. The van der Waals surface area contributed by atoms with Gasteiger partial charge in [-0.2, -0.15) is 0 Å². The first-order chi connectivity index (χ1) is 9.65. The second-order valence-corrected chi connectivity index (χ2v) is 6.54. The lowest BCUT2D eigenvalue weighted by atomic mass is 9.98. The predicted molar refractivity (Wildman–Crippen MR) is 86.5 cm³/mol. The van der Waals surface area contributed by atoms with E-state index in [0.717, 1.165) is 23.0 Å². The molecule has 2 rings (SSSR count). The molecule has 1 aromatic carbocycles. The maximum atomic E-state index is 9.97. The van der Waals surface area contributed by atoms with Gasteiger partial charge < -0.3 is 15.2 Å². The summed E-state index contributed by atoms with van der Waals surface area (Å²) >= 11 is 9.39. The van der Waals surface area contributed by atoms with Gasteiger partial charge in [-0.1, -0.05) is 30.9 Å². The van der Waals surface area contributed by atoms with E-state index in [0.29, 0.717) is 24.3 Å². The topological polar surface area (TPSA) is 41.5 Å². The van der Waals surface area contributed by atoms with Crippen molar-refractivity contribution in [3.63, 3.8) is 0 Å². The summed E-state index contributed by atoms with van der Waals surface area (Å²) in [4.78, 5) is 0. The number of rotatable bonds is 6. The lowest BCUT2D eigenvalue weighted by molar-refractivity contribution is -0.0195. The third-order valence-electron chi connectivity index (χ3n) is 3.53. The van der Waals surface area contributed by atoms with E-state index >= 15 is 0 Å². The van der Waals surface area contributed by atoms with Crippen LogP contribution in [0.25, 0.3) is 0 Å². The van der Waals surface area contributed by atoms with Crippen LogP contribution in [0.2, 0.25) is 5.02 Å². The van der Waals surface area contributed by atoms with Crippen LogP contribution < -0.4 is 5.32 Å². The van der Waals surface area contributed by atoms with Crippen LogP contribution in [-0.2, 0) is 4.74 Å². The van der Waals surface area contributed by atoms with Crippen LogP contribution in [0.3, 0.4) is 0 Å². The van der Waals surface area contributed by atoms with E-state index in [1.165, 1.54) is 19.3 Å². The van der Waals surface area contributed by atoms with Crippen molar-refractivity contribution in [2.75, 3.05) is 18.5 Å². The largest absolute Gasteiger partial charge is 0.389 e. The van der Waals surface area contributed by atoms with Crippen LogP contribution in [0.15, 0.2) is 22.7 Å². The van der Waals surface area contributed by atoms with Crippen molar-refractivity contribution in [3.8, 4) is 0 Å². The van der Waals surface area contributed by atoms with Gasteiger partial charge in [0.2, 0.25) is 0 Å². The zero-order valence-electron chi connectivity index (χ0n) is 11.4. The van der Waals surface area contributed by atoms with Gasteiger partial charge in [0.1, 0.15) is 0 Å². The Morgan fingerprint density at radius 3 is 2.85 bits per heavy atom. The first-order valence-electron chi connectivity index (χ1n) is 7.14. The molecule has 1 aliphatic carbocycles. The molecular weight excluding hydrogens is 342 g/mol. The molecule has 1 aromatic rings. The Kier molecular flexibility index (Phi) is 6.62. The second-order valence-electron chi connectivity index (χ2n) is 5.25. The molecule has 0 aliphatic heterocycles. The summed E-state index contributed by atoms with van der Waals surface area (Å²) in [6, 6.07) is 5.54. The molecule has 0 spiro atoms. The van der Waals surface area contributed by atoms with Crippen LogP contribution >= 0.6 is 27.5 Å². The van der Waals surface area contributed by atoms with E-state index < -0.39 is 6.10 Å². The molecule has 1 unspecified atom stereocenters. The molecule has 3 nitrogen and oxygen atoms in total. The van der Waals surface area contributed by atoms with E-state index in [-0.39, 0.29) is 0 Å². The quantitative estimate of drug-likeness (QED) is 0.796. The van der Waals surface area contributed by atoms with Gasteiger partial charge >= 0.3 is 0 Å². The number of aliphatic hydroxyl groups excluding tert-OH is 1. The summed E-state index contributed by atoms with van der Waals surface area (Å²) < 4.78 is 6.69. The van der Waals surface area contributed by atoms with Crippen molar-refractivity contribution in [1.29, 1.82) is 0 Å². The van der Waals surface area contributed by atoms with Crippen LogP contribution in [0.4, 0.5) is 5.69 Å². The third kappa shape index (κ3) is 5.24. The molecule has 20 heavy (non-hydrogen) atoms. The molecule has 112 valence electrons. The number of halogens is 2. The van der Waals surface area contributed by atoms with Crippen LogP contribution in [0.5, 0.6) is 0 Å². The third-order valence-corrected chi connectivity index (χ3v) is 4.46. The van der Waals surface area contributed by atoms with Crippen LogP contribution in [-0.4, -0.2) is 30.5 Å². The average Bonchev–Trinajstić information content (AvgIpc) is 2.47. The molecule has 0 saturated heterocycles. The monoisotopic (exact) mass is 361 g/mol. The fourth-order valence-electron chi connectivity index (χ4n) is 2.40. The van der Waals surface area contributed by atoms with Crippen molar-refractivity contribution in [2.24, 2.45) is 0 Å². The standard InChI is InChI=1S/C15H21BrClNO2/c16-14-7-6-11(17)8-15(14)18-9-12(19)10-20-13-4-2-1-3-5-13/h6-8,12-13,18-19H,1-5,9-10H2. The molecule has 0 heterocycles. The van der Waals surface area contributed by atoms with Gasteiger partial charge in [0, 0.05) is 21.7 Å². The van der Waals surface area contributed by atoms with Gasteiger partial charge in [-0.25, -0.2) is 0 Å². The Balaban J connectivity index is 1.71. The normalized spacial score (nSPS) is 17.9. The number of anilines is 1. The summed E-state index contributed by atoms with van der Waals surface area (Å²) in [5.74, 6) is 0. The summed E-state index contributed by atoms with van der Waals surface area (Å²) in [6.07, 6.45) is 5.87. The van der Waals surface area contributed by atoms with Crippen LogP contribution in [0.1, 0.15) is 32.1 Å². The van der Waals surface area contributed by atoms with E-state index in [1.54, 1.807) is 0 Å². The van der Waals surface area contributed by atoms with Crippen molar-refractivity contribution in [1.82, 2.24) is 0 Å². The molecular formula is C15H21BrClNO2. The number of aliphatic hydroxyl groups is 1. The highest BCUT2D eigenvalue weighted by atomic mass is 79.9. The molecule has 5 heteroatoms. The number of benzene rings is 1. The Bertz CT molecular complexity index is 424. The Hall–Kier alpha value is -0.290. The van der Waals surface area contributed by atoms with E-state index in [1.807, 2.05) is 18.2 Å². The summed E-state index contributed by atoms with van der Waals surface area (Å²) in [6.45, 7) is 0.835. The Labute approximate surface area is 133 Å². The zero-order valence-corrected chi connectivity index (χ0v) is 13.8. The van der Waals surface area contributed by atoms with E-state index in [2.05, 4.69) is 21.2 Å². The lowest BCUT2D eigenvalue weighted by Gasteiger charge is -2.23. The predicted octanol–water partition coefficient (Wildman–Crippen LogP) is 4.22. The van der Waals surface area contributed by atoms with Crippen molar-refractivity contribution < 1.29 is 9.84 Å². The minimum atomic E-state index is -0.511. The molecule has 1 aliphatic rings. The number of hydrogen-bond acceptors (Lipinski definition) is 3. The van der Waals surface area contributed by atoms with Gasteiger partial charge in [-0.3, -0.25) is 0 Å². The highest BCUT2D eigenvalue weighted by molar-refractivity contribution is 9.10. The van der Waals surface area contributed by atoms with Gasteiger partial charge in [0.05, 0.1) is 18.8 Å². The van der Waals surface area contributed by atoms with E-state index in [9.17, 15) is 5.11 Å². The molecule has 0 amide bonds. The van der Waals surface area contributed by atoms with Gasteiger partial charge in [-0.05, 0) is 47.0 Å². The number of hydrogen-bond donors (Lipinski definition) is 2. The smallest absolute Gasteiger partial charge is 0.0945 e.